The van der Waals surface area contributed by atoms with Crippen molar-refractivity contribution < 1.29 is 23.1 Å². The molecule has 0 saturated carbocycles. The Bertz CT molecular complexity index is 503. The van der Waals surface area contributed by atoms with E-state index in [0.29, 0.717) is 5.69 Å². The van der Waals surface area contributed by atoms with Gasteiger partial charge in [0.15, 0.2) is 0 Å². The molecule has 3 nitrogen and oxygen atoms in total. The highest BCUT2D eigenvalue weighted by Crippen LogP contribution is 2.30. The minimum atomic E-state index is -4.40. The maximum absolute atomic E-state index is 12.5. The van der Waals surface area contributed by atoms with Crippen LogP contribution in [0.4, 0.5) is 18.9 Å². The van der Waals surface area contributed by atoms with Crippen LogP contribution in [0.3, 0.4) is 0 Å². The molecule has 0 bridgehead atoms. The topological polar surface area (TPSA) is 40.5 Å². The number of carboxylic acid groups (broad SMARTS) is 1. The second-order valence-electron chi connectivity index (χ2n) is 4.37. The predicted molar refractivity (Wildman–Crippen MR) is 69.3 cm³/mol. The lowest BCUT2D eigenvalue weighted by molar-refractivity contribution is -0.140. The largest absolute Gasteiger partial charge is 0.481 e. The number of hydrogen-bond acceptors (Lipinski definition) is 2. The van der Waals surface area contributed by atoms with Crippen LogP contribution in [0.25, 0.3) is 0 Å². The number of carboxylic acids is 1. The summed E-state index contributed by atoms with van der Waals surface area (Å²) in [5, 5.41) is 8.87. The fourth-order valence-electron chi connectivity index (χ4n) is 1.64. The van der Waals surface area contributed by atoms with Gasteiger partial charge in [-0.15, -0.1) is 6.42 Å². The third kappa shape index (κ3) is 4.19. The van der Waals surface area contributed by atoms with Gasteiger partial charge in [-0.05, 0) is 24.3 Å². The van der Waals surface area contributed by atoms with Crippen molar-refractivity contribution in [1.82, 2.24) is 0 Å². The molecule has 1 aromatic carbocycles. The molecular weight excluding hydrogens is 271 g/mol. The van der Waals surface area contributed by atoms with Gasteiger partial charge >= 0.3 is 12.1 Å². The molecule has 108 valence electrons. The number of benzene rings is 1. The Morgan fingerprint density at radius 3 is 2.35 bits per heavy atom. The van der Waals surface area contributed by atoms with Crippen molar-refractivity contribution >= 4 is 11.7 Å². The summed E-state index contributed by atoms with van der Waals surface area (Å²) < 4.78 is 37.4. The summed E-state index contributed by atoms with van der Waals surface area (Å²) in [4.78, 5) is 12.4. The molecule has 0 fully saturated rings. The van der Waals surface area contributed by atoms with E-state index in [9.17, 15) is 18.0 Å². The third-order valence-electron chi connectivity index (χ3n) is 2.76. The first-order valence-corrected chi connectivity index (χ1v) is 5.84. The van der Waals surface area contributed by atoms with Crippen molar-refractivity contribution in [3.63, 3.8) is 0 Å². The first-order valence-electron chi connectivity index (χ1n) is 5.84. The van der Waals surface area contributed by atoms with Gasteiger partial charge < -0.3 is 10.0 Å². The third-order valence-corrected chi connectivity index (χ3v) is 2.76. The number of rotatable bonds is 5. The van der Waals surface area contributed by atoms with Crippen molar-refractivity contribution in [2.24, 2.45) is 5.92 Å². The summed E-state index contributed by atoms with van der Waals surface area (Å²) in [5.41, 5.74) is -0.294. The van der Waals surface area contributed by atoms with Crippen molar-refractivity contribution in [2.75, 3.05) is 18.0 Å². The van der Waals surface area contributed by atoms with E-state index < -0.39 is 23.6 Å². The van der Waals surface area contributed by atoms with Gasteiger partial charge in [-0.2, -0.15) is 13.2 Å². The molecule has 0 heterocycles. The number of terminal acetylenes is 1. The van der Waals surface area contributed by atoms with Gasteiger partial charge in [-0.1, -0.05) is 12.8 Å². The zero-order valence-corrected chi connectivity index (χ0v) is 10.8. The van der Waals surface area contributed by atoms with E-state index in [1.54, 1.807) is 4.90 Å². The average Bonchev–Trinajstić information content (AvgIpc) is 2.37. The lowest BCUT2D eigenvalue weighted by atomic mass is 10.1. The van der Waals surface area contributed by atoms with Crippen LogP contribution >= 0.6 is 0 Å². The van der Waals surface area contributed by atoms with E-state index >= 15 is 0 Å². The van der Waals surface area contributed by atoms with Crippen LogP contribution in [0.5, 0.6) is 0 Å². The number of alkyl halides is 3. The number of aliphatic carboxylic acids is 1. The van der Waals surface area contributed by atoms with Gasteiger partial charge in [0.1, 0.15) is 0 Å². The summed E-state index contributed by atoms with van der Waals surface area (Å²) in [7, 11) is 0. The molecule has 6 heteroatoms. The molecule has 0 aromatic heterocycles. The smallest absolute Gasteiger partial charge is 0.416 e. The van der Waals surface area contributed by atoms with Crippen LogP contribution in [0.1, 0.15) is 12.5 Å². The van der Waals surface area contributed by atoms with Crippen LogP contribution in [-0.2, 0) is 11.0 Å². The first-order chi connectivity index (χ1) is 9.25. The molecule has 1 rings (SSSR count). The van der Waals surface area contributed by atoms with Gasteiger partial charge in [0.2, 0.25) is 0 Å². The summed E-state index contributed by atoms with van der Waals surface area (Å²) >= 11 is 0. The lowest BCUT2D eigenvalue weighted by Crippen LogP contribution is -2.32. The standard InChI is InChI=1S/C14H14F3NO2/c1-3-8-18(9-10(2)13(19)20)12-6-4-11(5-7-12)14(15,16)17/h1,4-7,10H,8-9H2,2H3,(H,19,20). The zero-order valence-electron chi connectivity index (χ0n) is 10.8. The van der Waals surface area contributed by atoms with Gasteiger partial charge in [0.05, 0.1) is 18.0 Å². The van der Waals surface area contributed by atoms with Crippen molar-refractivity contribution in [3.05, 3.63) is 29.8 Å². The monoisotopic (exact) mass is 285 g/mol. The number of halogens is 3. The Hall–Kier alpha value is -2.16. The number of nitrogens with zero attached hydrogens (tertiary/aromatic N) is 1. The van der Waals surface area contributed by atoms with E-state index in [0.717, 1.165) is 12.1 Å². The van der Waals surface area contributed by atoms with Crippen LogP contribution in [0.15, 0.2) is 24.3 Å². The SMILES string of the molecule is C#CCN(CC(C)C(=O)O)c1ccc(C(F)(F)F)cc1. The van der Waals surface area contributed by atoms with Crippen LogP contribution in [-0.4, -0.2) is 24.2 Å². The molecule has 0 spiro atoms. The number of anilines is 1. The van der Waals surface area contributed by atoms with Gasteiger partial charge in [0, 0.05) is 12.2 Å². The van der Waals surface area contributed by atoms with E-state index in [4.69, 9.17) is 11.5 Å². The Balaban J connectivity index is 2.93. The van der Waals surface area contributed by atoms with Gasteiger partial charge in [-0.25, -0.2) is 0 Å². The maximum atomic E-state index is 12.5. The van der Waals surface area contributed by atoms with Crippen LogP contribution in [0.2, 0.25) is 0 Å². The minimum Gasteiger partial charge on any atom is -0.481 e. The highest BCUT2D eigenvalue weighted by Gasteiger charge is 2.30. The Kier molecular flexibility index (Phi) is 5.03. The Morgan fingerprint density at radius 2 is 1.95 bits per heavy atom. The van der Waals surface area contributed by atoms with Gasteiger partial charge in [0.25, 0.3) is 0 Å². The molecule has 1 aromatic rings. The van der Waals surface area contributed by atoms with E-state index in [1.807, 2.05) is 0 Å². The van der Waals surface area contributed by atoms with Crippen LogP contribution in [0, 0.1) is 18.3 Å². The summed E-state index contributed by atoms with van der Waals surface area (Å²) in [5.74, 6) is 0.704. The fraction of sp³-hybridized carbons (Fsp3) is 0.357. The molecule has 20 heavy (non-hydrogen) atoms. The average molecular weight is 285 g/mol. The molecule has 1 atom stereocenters. The Morgan fingerprint density at radius 1 is 1.40 bits per heavy atom. The molecule has 0 aliphatic heterocycles. The molecule has 0 saturated heterocycles. The van der Waals surface area contributed by atoms with Gasteiger partial charge in [-0.3, -0.25) is 4.79 Å². The molecule has 0 aliphatic carbocycles. The summed E-state index contributed by atoms with van der Waals surface area (Å²) in [6, 6.07) is 4.47. The molecule has 1 N–H and O–H groups in total. The lowest BCUT2D eigenvalue weighted by Gasteiger charge is -2.24. The number of carbonyl (C=O) groups is 1. The second kappa shape index (κ2) is 6.33. The van der Waals surface area contributed by atoms with E-state index in [-0.39, 0.29) is 13.1 Å². The summed E-state index contributed by atoms with van der Waals surface area (Å²) in [6.45, 7) is 1.77. The molecule has 1 unspecified atom stereocenters. The first kappa shape index (κ1) is 15.9. The molecule has 0 radical (unpaired) electrons. The molecule has 0 amide bonds. The molecule has 0 aliphatic rings. The van der Waals surface area contributed by atoms with Crippen molar-refractivity contribution in [1.29, 1.82) is 0 Å². The number of hydrogen-bond donors (Lipinski definition) is 1. The van der Waals surface area contributed by atoms with Crippen LogP contribution < -0.4 is 4.90 Å². The summed E-state index contributed by atoms with van der Waals surface area (Å²) in [6.07, 6.45) is 0.800. The normalized spacial score (nSPS) is 12.6. The minimum absolute atomic E-state index is 0.128. The zero-order chi connectivity index (χ0) is 15.3. The van der Waals surface area contributed by atoms with E-state index in [2.05, 4.69) is 5.92 Å². The van der Waals surface area contributed by atoms with E-state index in [1.165, 1.54) is 19.1 Å². The Labute approximate surface area is 115 Å². The molecular formula is C14H14F3NO2. The van der Waals surface area contributed by atoms with Crippen molar-refractivity contribution in [3.8, 4) is 12.3 Å². The quantitative estimate of drug-likeness (QED) is 0.846. The highest BCUT2D eigenvalue weighted by molar-refractivity contribution is 5.70. The van der Waals surface area contributed by atoms with Crippen molar-refractivity contribution in [2.45, 2.75) is 13.1 Å². The second-order valence-corrected chi connectivity index (χ2v) is 4.37. The highest BCUT2D eigenvalue weighted by atomic mass is 19.4. The predicted octanol–water partition coefficient (Wildman–Crippen LogP) is 2.87. The maximum Gasteiger partial charge on any atom is 0.416 e. The fourth-order valence-corrected chi connectivity index (χ4v) is 1.64.